The summed E-state index contributed by atoms with van der Waals surface area (Å²) in [4.78, 5) is 2.55. The zero-order chi connectivity index (χ0) is 12.8. The quantitative estimate of drug-likeness (QED) is 0.814. The number of morpholine rings is 1. The molecule has 0 amide bonds. The molecule has 1 heterocycles. The fourth-order valence-electron chi connectivity index (χ4n) is 3.28. The summed E-state index contributed by atoms with van der Waals surface area (Å²) >= 11 is 0. The molecule has 1 saturated heterocycles. The predicted octanol–water partition coefficient (Wildman–Crippen LogP) is 2.27. The van der Waals surface area contributed by atoms with Gasteiger partial charge in [-0.3, -0.25) is 4.90 Å². The Hall–Kier alpha value is -0.120. The molecule has 0 bridgehead atoms. The molecule has 18 heavy (non-hydrogen) atoms. The molecular formula is C15H30N2O. The Bertz CT molecular complexity index is 235. The Balaban J connectivity index is 1.59. The van der Waals surface area contributed by atoms with Crippen molar-refractivity contribution < 1.29 is 4.74 Å². The summed E-state index contributed by atoms with van der Waals surface area (Å²) in [6.45, 7) is 10.1. The number of rotatable bonds is 5. The van der Waals surface area contributed by atoms with E-state index in [-0.39, 0.29) is 0 Å². The lowest BCUT2D eigenvalue weighted by Crippen LogP contribution is -2.46. The van der Waals surface area contributed by atoms with Crippen molar-refractivity contribution in [2.45, 2.75) is 58.1 Å². The van der Waals surface area contributed by atoms with Crippen molar-refractivity contribution in [3.05, 3.63) is 0 Å². The van der Waals surface area contributed by atoms with Gasteiger partial charge in [0, 0.05) is 32.2 Å². The number of nitrogens with zero attached hydrogens (tertiary/aromatic N) is 1. The normalized spacial score (nSPS) is 34.7. The molecule has 2 aliphatic rings. The van der Waals surface area contributed by atoms with Crippen LogP contribution < -0.4 is 5.32 Å². The van der Waals surface area contributed by atoms with Gasteiger partial charge in [0.15, 0.2) is 0 Å². The number of hydrogen-bond donors (Lipinski definition) is 1. The molecule has 3 heteroatoms. The van der Waals surface area contributed by atoms with Gasteiger partial charge in [-0.2, -0.15) is 0 Å². The Labute approximate surface area is 112 Å². The van der Waals surface area contributed by atoms with Crippen molar-refractivity contribution in [3.63, 3.8) is 0 Å². The van der Waals surface area contributed by atoms with Gasteiger partial charge in [0.25, 0.3) is 0 Å². The van der Waals surface area contributed by atoms with Crippen LogP contribution in [-0.4, -0.2) is 49.8 Å². The topological polar surface area (TPSA) is 24.5 Å². The summed E-state index contributed by atoms with van der Waals surface area (Å²) in [5.74, 6) is 0.920. The van der Waals surface area contributed by atoms with Crippen molar-refractivity contribution in [3.8, 4) is 0 Å². The third-order valence-corrected chi connectivity index (χ3v) is 4.48. The van der Waals surface area contributed by atoms with Gasteiger partial charge >= 0.3 is 0 Å². The first-order chi connectivity index (χ1) is 8.78. The lowest BCUT2D eigenvalue weighted by Gasteiger charge is -2.33. The highest BCUT2D eigenvalue weighted by atomic mass is 16.5. The van der Waals surface area contributed by atoms with Crippen LogP contribution in [0.5, 0.6) is 0 Å². The fourth-order valence-corrected chi connectivity index (χ4v) is 3.28. The monoisotopic (exact) mass is 254 g/mol. The molecular weight excluding hydrogens is 224 g/mol. The van der Waals surface area contributed by atoms with Gasteiger partial charge in [0.1, 0.15) is 0 Å². The van der Waals surface area contributed by atoms with Crippen molar-refractivity contribution in [2.75, 3.05) is 32.8 Å². The van der Waals surface area contributed by atoms with Crippen LogP contribution in [0.3, 0.4) is 0 Å². The Morgan fingerprint density at radius 2 is 2.22 bits per heavy atom. The van der Waals surface area contributed by atoms with E-state index >= 15 is 0 Å². The minimum absolute atomic E-state index is 0.466. The molecule has 0 spiro atoms. The summed E-state index contributed by atoms with van der Waals surface area (Å²) in [6.07, 6.45) is 7.21. The van der Waals surface area contributed by atoms with Gasteiger partial charge in [0.2, 0.25) is 0 Å². The third kappa shape index (κ3) is 4.52. The van der Waals surface area contributed by atoms with Gasteiger partial charge in [-0.15, -0.1) is 0 Å². The lowest BCUT2D eigenvalue weighted by molar-refractivity contribution is -0.0293. The van der Waals surface area contributed by atoms with Crippen LogP contribution >= 0.6 is 0 Å². The summed E-state index contributed by atoms with van der Waals surface area (Å²) < 4.78 is 5.71. The molecule has 106 valence electrons. The van der Waals surface area contributed by atoms with Gasteiger partial charge in [-0.25, -0.2) is 0 Å². The van der Waals surface area contributed by atoms with Crippen LogP contribution in [0.4, 0.5) is 0 Å². The Kier molecular flexibility index (Phi) is 5.93. The standard InChI is InChI=1S/C15H30N2O/c1-3-15-12-17(9-10-18-15)8-7-16-14-6-4-5-13(2)11-14/h13-16H,3-12H2,1-2H3. The minimum Gasteiger partial charge on any atom is -0.376 e. The average molecular weight is 254 g/mol. The van der Waals surface area contributed by atoms with Crippen molar-refractivity contribution in [1.29, 1.82) is 0 Å². The van der Waals surface area contributed by atoms with Gasteiger partial charge in [0.05, 0.1) is 12.7 Å². The molecule has 0 aromatic heterocycles. The molecule has 3 nitrogen and oxygen atoms in total. The maximum absolute atomic E-state index is 5.71. The highest BCUT2D eigenvalue weighted by Crippen LogP contribution is 2.23. The highest BCUT2D eigenvalue weighted by molar-refractivity contribution is 4.77. The molecule has 2 fully saturated rings. The number of nitrogens with one attached hydrogen (secondary N) is 1. The SMILES string of the molecule is CCC1CN(CCNC2CCCC(C)C2)CCO1. The van der Waals surface area contributed by atoms with Crippen LogP contribution in [0.15, 0.2) is 0 Å². The van der Waals surface area contributed by atoms with Crippen LogP contribution in [0.1, 0.15) is 46.0 Å². The maximum atomic E-state index is 5.71. The first-order valence-corrected chi connectivity index (χ1v) is 7.85. The van der Waals surface area contributed by atoms with Gasteiger partial charge in [-0.05, 0) is 25.2 Å². The molecule has 1 aliphatic heterocycles. The second kappa shape index (κ2) is 7.46. The Morgan fingerprint density at radius 1 is 1.33 bits per heavy atom. The van der Waals surface area contributed by atoms with Crippen LogP contribution in [-0.2, 0) is 4.74 Å². The van der Waals surface area contributed by atoms with E-state index in [0.717, 1.165) is 44.6 Å². The van der Waals surface area contributed by atoms with E-state index in [1.54, 1.807) is 0 Å². The molecule has 0 radical (unpaired) electrons. The smallest absolute Gasteiger partial charge is 0.0700 e. The first kappa shape index (κ1) is 14.3. The molecule has 1 aliphatic carbocycles. The summed E-state index contributed by atoms with van der Waals surface area (Å²) in [7, 11) is 0. The molecule has 1 saturated carbocycles. The zero-order valence-electron chi connectivity index (χ0n) is 12.2. The van der Waals surface area contributed by atoms with E-state index in [1.807, 2.05) is 0 Å². The van der Waals surface area contributed by atoms with Crippen molar-refractivity contribution in [1.82, 2.24) is 10.2 Å². The third-order valence-electron chi connectivity index (χ3n) is 4.48. The first-order valence-electron chi connectivity index (χ1n) is 7.85. The fraction of sp³-hybridized carbons (Fsp3) is 1.00. The lowest BCUT2D eigenvalue weighted by atomic mass is 9.87. The van der Waals surface area contributed by atoms with Gasteiger partial charge in [-0.1, -0.05) is 26.7 Å². The van der Waals surface area contributed by atoms with E-state index < -0.39 is 0 Å². The van der Waals surface area contributed by atoms with Crippen LogP contribution in [0.25, 0.3) is 0 Å². The van der Waals surface area contributed by atoms with Crippen molar-refractivity contribution in [2.24, 2.45) is 5.92 Å². The number of ether oxygens (including phenoxy) is 1. The summed E-state index contributed by atoms with van der Waals surface area (Å²) in [6, 6.07) is 0.775. The number of hydrogen-bond acceptors (Lipinski definition) is 3. The van der Waals surface area contributed by atoms with Gasteiger partial charge < -0.3 is 10.1 Å². The zero-order valence-corrected chi connectivity index (χ0v) is 12.2. The molecule has 3 unspecified atom stereocenters. The highest BCUT2D eigenvalue weighted by Gasteiger charge is 2.20. The molecule has 0 aromatic rings. The van der Waals surface area contributed by atoms with Crippen LogP contribution in [0, 0.1) is 5.92 Å². The molecule has 2 rings (SSSR count). The largest absolute Gasteiger partial charge is 0.376 e. The minimum atomic E-state index is 0.466. The second-order valence-electron chi connectivity index (χ2n) is 6.12. The predicted molar refractivity (Wildman–Crippen MR) is 75.9 cm³/mol. The van der Waals surface area contributed by atoms with E-state index in [0.29, 0.717) is 6.10 Å². The van der Waals surface area contributed by atoms with E-state index in [2.05, 4.69) is 24.1 Å². The molecule has 0 aromatic carbocycles. The van der Waals surface area contributed by atoms with E-state index in [9.17, 15) is 0 Å². The second-order valence-corrected chi connectivity index (χ2v) is 6.12. The van der Waals surface area contributed by atoms with E-state index in [1.165, 1.54) is 32.2 Å². The average Bonchev–Trinajstić information content (AvgIpc) is 2.39. The van der Waals surface area contributed by atoms with Crippen molar-refractivity contribution >= 4 is 0 Å². The molecule has 3 atom stereocenters. The Morgan fingerprint density at radius 3 is 3.00 bits per heavy atom. The molecule has 1 N–H and O–H groups in total. The van der Waals surface area contributed by atoms with E-state index in [4.69, 9.17) is 4.74 Å². The summed E-state index contributed by atoms with van der Waals surface area (Å²) in [5.41, 5.74) is 0. The summed E-state index contributed by atoms with van der Waals surface area (Å²) in [5, 5.41) is 3.75. The van der Waals surface area contributed by atoms with Crippen LogP contribution in [0.2, 0.25) is 0 Å². The maximum Gasteiger partial charge on any atom is 0.0700 e.